The number of hydrogen-bond acceptors (Lipinski definition) is 4. The summed E-state index contributed by atoms with van der Waals surface area (Å²) in [6, 6.07) is 1.94. The molecule has 0 atom stereocenters. The zero-order valence-corrected chi connectivity index (χ0v) is 17.9. The molecule has 7 heteroatoms. The molecule has 1 saturated carbocycles. The van der Waals surface area contributed by atoms with E-state index in [4.69, 9.17) is 4.52 Å². The molecule has 2 heterocycles. The Hall–Kier alpha value is -0.830. The molecule has 142 valence electrons. The molecule has 1 aliphatic carbocycles. The summed E-state index contributed by atoms with van der Waals surface area (Å²) in [4.78, 5) is 9.33. The van der Waals surface area contributed by atoms with Gasteiger partial charge in [0.25, 0.3) is 0 Å². The Bertz CT molecular complexity index is 520. The molecular formula is C18H32IN5O. The molecule has 6 nitrogen and oxygen atoms in total. The average Bonchev–Trinajstić information content (AvgIpc) is 3.29. The van der Waals surface area contributed by atoms with Crippen molar-refractivity contribution in [1.82, 2.24) is 20.3 Å². The lowest BCUT2D eigenvalue weighted by Crippen LogP contribution is -2.53. The van der Waals surface area contributed by atoms with Gasteiger partial charge in [0, 0.05) is 52.4 Å². The van der Waals surface area contributed by atoms with E-state index >= 15 is 0 Å². The number of halogens is 1. The van der Waals surface area contributed by atoms with Gasteiger partial charge in [0.05, 0.1) is 5.69 Å². The second-order valence-corrected chi connectivity index (χ2v) is 7.22. The molecule has 1 saturated heterocycles. The van der Waals surface area contributed by atoms with E-state index < -0.39 is 0 Å². The first-order valence-corrected chi connectivity index (χ1v) is 9.32. The first-order valence-electron chi connectivity index (χ1n) is 9.32. The number of rotatable bonds is 5. The molecule has 0 amide bonds. The summed E-state index contributed by atoms with van der Waals surface area (Å²) in [5.74, 6) is 1.07. The van der Waals surface area contributed by atoms with E-state index in [1.54, 1.807) is 6.26 Å². The first kappa shape index (κ1) is 20.5. The standard InChI is InChI=1S/C18H31N5O.HI/c1-3-18(7-4-5-8-18)15-20-17(19-2)23-11-9-22(10-12-23)14-16-6-13-24-21-16;/h6,13H,3-5,7-12,14-15H2,1-2H3,(H,19,20);1H. The Morgan fingerprint density at radius 3 is 2.56 bits per heavy atom. The minimum absolute atomic E-state index is 0. The van der Waals surface area contributed by atoms with Crippen molar-refractivity contribution in [2.45, 2.75) is 45.6 Å². The molecular weight excluding hydrogens is 429 g/mol. The van der Waals surface area contributed by atoms with Crippen LogP contribution in [0.3, 0.4) is 0 Å². The highest BCUT2D eigenvalue weighted by molar-refractivity contribution is 14.0. The van der Waals surface area contributed by atoms with Crippen LogP contribution in [0.15, 0.2) is 21.8 Å². The Kier molecular flexibility index (Phi) is 7.99. The van der Waals surface area contributed by atoms with Crippen LogP contribution in [0.2, 0.25) is 0 Å². The van der Waals surface area contributed by atoms with Crippen LogP contribution in [0.1, 0.15) is 44.7 Å². The van der Waals surface area contributed by atoms with E-state index in [-0.39, 0.29) is 24.0 Å². The van der Waals surface area contributed by atoms with E-state index in [0.717, 1.165) is 50.9 Å². The summed E-state index contributed by atoms with van der Waals surface area (Å²) in [6.07, 6.45) is 8.40. The van der Waals surface area contributed by atoms with Crippen molar-refractivity contribution in [3.63, 3.8) is 0 Å². The predicted molar refractivity (Wildman–Crippen MR) is 111 cm³/mol. The van der Waals surface area contributed by atoms with Crippen LogP contribution in [0.5, 0.6) is 0 Å². The minimum atomic E-state index is 0. The Labute approximate surface area is 168 Å². The Morgan fingerprint density at radius 1 is 1.28 bits per heavy atom. The summed E-state index contributed by atoms with van der Waals surface area (Å²) < 4.78 is 4.92. The molecule has 1 aromatic rings. The second kappa shape index (κ2) is 9.75. The maximum Gasteiger partial charge on any atom is 0.193 e. The fourth-order valence-electron chi connectivity index (χ4n) is 4.05. The van der Waals surface area contributed by atoms with Gasteiger partial charge in [0.15, 0.2) is 5.96 Å². The van der Waals surface area contributed by atoms with Gasteiger partial charge < -0.3 is 14.7 Å². The molecule has 1 N–H and O–H groups in total. The van der Waals surface area contributed by atoms with Crippen molar-refractivity contribution in [3.8, 4) is 0 Å². The summed E-state index contributed by atoms with van der Waals surface area (Å²) in [5, 5.41) is 7.67. The third-order valence-electron chi connectivity index (χ3n) is 5.80. The highest BCUT2D eigenvalue weighted by Gasteiger charge is 2.32. The van der Waals surface area contributed by atoms with Gasteiger partial charge in [-0.05, 0) is 24.7 Å². The topological polar surface area (TPSA) is 56.9 Å². The number of nitrogens with one attached hydrogen (secondary N) is 1. The first-order chi connectivity index (χ1) is 11.7. The molecule has 3 rings (SSSR count). The normalized spacial score (nSPS) is 21.2. The summed E-state index contributed by atoms with van der Waals surface area (Å²) in [6.45, 7) is 8.36. The zero-order chi connectivity index (χ0) is 16.8. The van der Waals surface area contributed by atoms with Crippen LogP contribution in [0.25, 0.3) is 0 Å². The van der Waals surface area contributed by atoms with Crippen molar-refractivity contribution in [2.75, 3.05) is 39.8 Å². The Morgan fingerprint density at radius 2 is 2.00 bits per heavy atom. The van der Waals surface area contributed by atoms with Crippen molar-refractivity contribution in [3.05, 3.63) is 18.0 Å². The number of hydrogen-bond donors (Lipinski definition) is 1. The van der Waals surface area contributed by atoms with Gasteiger partial charge in [-0.2, -0.15) is 0 Å². The second-order valence-electron chi connectivity index (χ2n) is 7.22. The summed E-state index contributed by atoms with van der Waals surface area (Å²) in [7, 11) is 1.90. The van der Waals surface area contributed by atoms with Crippen molar-refractivity contribution < 1.29 is 4.52 Å². The lowest BCUT2D eigenvalue weighted by atomic mass is 9.83. The third kappa shape index (κ3) is 5.32. The number of piperazine rings is 1. The lowest BCUT2D eigenvalue weighted by Gasteiger charge is -2.37. The maximum absolute atomic E-state index is 4.92. The SMILES string of the molecule is CCC1(CNC(=NC)N2CCN(Cc3ccon3)CC2)CCCC1.I. The van der Waals surface area contributed by atoms with Crippen LogP contribution in [-0.4, -0.2) is 60.7 Å². The van der Waals surface area contributed by atoms with Gasteiger partial charge >= 0.3 is 0 Å². The Balaban J connectivity index is 0.00000225. The van der Waals surface area contributed by atoms with Gasteiger partial charge in [0.2, 0.25) is 0 Å². The largest absolute Gasteiger partial charge is 0.364 e. The molecule has 1 aromatic heterocycles. The van der Waals surface area contributed by atoms with Crippen LogP contribution >= 0.6 is 24.0 Å². The fraction of sp³-hybridized carbons (Fsp3) is 0.778. The molecule has 2 aliphatic rings. The van der Waals surface area contributed by atoms with Crippen LogP contribution in [0, 0.1) is 5.41 Å². The number of guanidine groups is 1. The highest BCUT2D eigenvalue weighted by Crippen LogP contribution is 2.40. The maximum atomic E-state index is 4.92. The number of nitrogens with zero attached hydrogens (tertiary/aromatic N) is 4. The summed E-state index contributed by atoms with van der Waals surface area (Å²) in [5.41, 5.74) is 1.50. The van der Waals surface area contributed by atoms with E-state index in [0.29, 0.717) is 5.41 Å². The molecule has 0 radical (unpaired) electrons. The molecule has 25 heavy (non-hydrogen) atoms. The molecule has 0 spiro atoms. The van der Waals surface area contributed by atoms with Crippen molar-refractivity contribution >= 4 is 29.9 Å². The van der Waals surface area contributed by atoms with Crippen LogP contribution in [0.4, 0.5) is 0 Å². The molecule has 1 aliphatic heterocycles. The quantitative estimate of drug-likeness (QED) is 0.415. The summed E-state index contributed by atoms with van der Waals surface area (Å²) >= 11 is 0. The van der Waals surface area contributed by atoms with Gasteiger partial charge in [-0.3, -0.25) is 9.89 Å². The van der Waals surface area contributed by atoms with Crippen molar-refractivity contribution in [2.24, 2.45) is 10.4 Å². The van der Waals surface area contributed by atoms with Gasteiger partial charge in [-0.1, -0.05) is 24.9 Å². The van der Waals surface area contributed by atoms with Gasteiger partial charge in [-0.15, -0.1) is 24.0 Å². The lowest BCUT2D eigenvalue weighted by molar-refractivity contribution is 0.167. The minimum Gasteiger partial charge on any atom is -0.364 e. The van der Waals surface area contributed by atoms with Crippen LogP contribution < -0.4 is 5.32 Å². The van der Waals surface area contributed by atoms with E-state index in [9.17, 15) is 0 Å². The molecule has 0 bridgehead atoms. The fourth-order valence-corrected chi connectivity index (χ4v) is 4.05. The van der Waals surface area contributed by atoms with Gasteiger partial charge in [-0.25, -0.2) is 0 Å². The smallest absolute Gasteiger partial charge is 0.193 e. The number of aliphatic imine (C=N–C) groups is 1. The van der Waals surface area contributed by atoms with E-state index in [1.165, 1.54) is 32.1 Å². The van der Waals surface area contributed by atoms with E-state index in [1.807, 2.05) is 13.1 Å². The number of aromatic nitrogens is 1. The molecule has 0 aromatic carbocycles. The highest BCUT2D eigenvalue weighted by atomic mass is 127. The van der Waals surface area contributed by atoms with Gasteiger partial charge in [0.1, 0.15) is 6.26 Å². The van der Waals surface area contributed by atoms with Crippen molar-refractivity contribution in [1.29, 1.82) is 0 Å². The predicted octanol–water partition coefficient (Wildman–Crippen LogP) is 2.96. The zero-order valence-electron chi connectivity index (χ0n) is 15.5. The molecule has 0 unspecified atom stereocenters. The van der Waals surface area contributed by atoms with E-state index in [2.05, 4.69) is 32.2 Å². The third-order valence-corrected chi connectivity index (χ3v) is 5.80. The average molecular weight is 461 g/mol. The monoisotopic (exact) mass is 461 g/mol. The van der Waals surface area contributed by atoms with Crippen LogP contribution in [-0.2, 0) is 6.54 Å². The molecule has 2 fully saturated rings.